The third-order valence-corrected chi connectivity index (χ3v) is 5.13. The van der Waals surface area contributed by atoms with Crippen LogP contribution >= 0.6 is 11.3 Å². The molecule has 7 nitrogen and oxygen atoms in total. The van der Waals surface area contributed by atoms with E-state index in [9.17, 15) is 9.59 Å². The largest absolute Gasteiger partial charge is 0.351 e. The van der Waals surface area contributed by atoms with Crippen LogP contribution in [-0.4, -0.2) is 33.8 Å². The normalized spacial score (nSPS) is 12.2. The van der Waals surface area contributed by atoms with Crippen molar-refractivity contribution in [3.63, 3.8) is 0 Å². The van der Waals surface area contributed by atoms with Crippen molar-refractivity contribution in [1.82, 2.24) is 20.1 Å². The second-order valence-electron chi connectivity index (χ2n) is 6.00. The molecule has 0 aromatic carbocycles. The molecule has 1 unspecified atom stereocenters. The van der Waals surface area contributed by atoms with E-state index in [0.29, 0.717) is 34.2 Å². The van der Waals surface area contributed by atoms with E-state index in [1.165, 1.54) is 16.0 Å². The van der Waals surface area contributed by atoms with Gasteiger partial charge in [0.15, 0.2) is 0 Å². The summed E-state index contributed by atoms with van der Waals surface area (Å²) in [6.07, 6.45) is 0. The van der Waals surface area contributed by atoms with Crippen molar-refractivity contribution in [2.45, 2.75) is 27.7 Å². The van der Waals surface area contributed by atoms with E-state index in [4.69, 9.17) is 5.73 Å². The Morgan fingerprint density at radius 3 is 2.62 bits per heavy atom. The molecule has 1 atom stereocenters. The van der Waals surface area contributed by atoms with Gasteiger partial charge in [0.2, 0.25) is 0 Å². The third kappa shape index (κ3) is 3.54. The maximum Gasteiger partial charge on any atom is 0.277 e. The van der Waals surface area contributed by atoms with Gasteiger partial charge in [0.25, 0.3) is 11.5 Å². The number of aryl methyl sites for hydroxylation is 3. The number of nitrogens with one attached hydrogen (secondary N) is 1. The van der Waals surface area contributed by atoms with Crippen molar-refractivity contribution in [3.05, 3.63) is 32.2 Å². The molecule has 130 valence electrons. The first-order valence-electron chi connectivity index (χ1n) is 7.76. The number of hydrogen-bond donors (Lipinski definition) is 2. The lowest BCUT2D eigenvalue weighted by atomic mass is 10.1. The van der Waals surface area contributed by atoms with Crippen molar-refractivity contribution < 1.29 is 4.79 Å². The van der Waals surface area contributed by atoms with E-state index in [-0.39, 0.29) is 17.4 Å². The van der Waals surface area contributed by atoms with Crippen molar-refractivity contribution in [2.75, 3.05) is 13.1 Å². The Morgan fingerprint density at radius 1 is 1.33 bits per heavy atom. The SMILES string of the molecule is Cc1nc(-c2c(C)c(C)nn(C)c2=O)sc1C(=O)NCC(C)CN. The molecule has 8 heteroatoms. The predicted molar refractivity (Wildman–Crippen MR) is 95.3 cm³/mol. The summed E-state index contributed by atoms with van der Waals surface area (Å²) >= 11 is 1.23. The van der Waals surface area contributed by atoms with Gasteiger partial charge in [0, 0.05) is 13.6 Å². The van der Waals surface area contributed by atoms with Gasteiger partial charge in [-0.1, -0.05) is 6.92 Å². The maximum absolute atomic E-state index is 12.4. The summed E-state index contributed by atoms with van der Waals surface area (Å²) in [6, 6.07) is 0. The fraction of sp³-hybridized carbons (Fsp3) is 0.500. The molecule has 0 bridgehead atoms. The van der Waals surface area contributed by atoms with E-state index in [1.54, 1.807) is 14.0 Å². The van der Waals surface area contributed by atoms with E-state index in [2.05, 4.69) is 15.4 Å². The first kappa shape index (κ1) is 18.3. The molecule has 0 fully saturated rings. The van der Waals surface area contributed by atoms with Crippen LogP contribution in [0.25, 0.3) is 10.6 Å². The minimum atomic E-state index is -0.212. The first-order valence-corrected chi connectivity index (χ1v) is 8.58. The summed E-state index contributed by atoms with van der Waals surface area (Å²) in [5.41, 5.74) is 8.03. The summed E-state index contributed by atoms with van der Waals surface area (Å²) in [4.78, 5) is 29.8. The molecule has 1 amide bonds. The molecule has 0 aliphatic rings. The molecule has 0 saturated heterocycles. The van der Waals surface area contributed by atoms with Gasteiger partial charge in [-0.05, 0) is 38.8 Å². The van der Waals surface area contributed by atoms with E-state index in [1.807, 2.05) is 20.8 Å². The zero-order valence-corrected chi connectivity index (χ0v) is 15.5. The van der Waals surface area contributed by atoms with Crippen LogP contribution in [0.4, 0.5) is 0 Å². The number of nitrogens with zero attached hydrogens (tertiary/aromatic N) is 3. The van der Waals surface area contributed by atoms with Crippen LogP contribution in [0.5, 0.6) is 0 Å². The number of nitrogens with two attached hydrogens (primary N) is 1. The Bertz CT molecular complexity index is 825. The fourth-order valence-electron chi connectivity index (χ4n) is 2.24. The molecule has 0 radical (unpaired) electrons. The van der Waals surface area contributed by atoms with Gasteiger partial charge in [0.1, 0.15) is 9.88 Å². The van der Waals surface area contributed by atoms with Crippen LogP contribution in [-0.2, 0) is 7.05 Å². The molecule has 0 aliphatic heterocycles. The Kier molecular flexibility index (Phi) is 5.51. The molecular weight excluding hydrogens is 326 g/mol. The van der Waals surface area contributed by atoms with Crippen LogP contribution in [0.15, 0.2) is 4.79 Å². The van der Waals surface area contributed by atoms with Gasteiger partial charge >= 0.3 is 0 Å². The summed E-state index contributed by atoms with van der Waals surface area (Å²) in [5.74, 6) is 0.0239. The summed E-state index contributed by atoms with van der Waals surface area (Å²) in [6.45, 7) is 8.46. The number of carbonyl (C=O) groups excluding carboxylic acids is 1. The number of aromatic nitrogens is 3. The topological polar surface area (TPSA) is 103 Å². The van der Waals surface area contributed by atoms with E-state index in [0.717, 1.165) is 11.3 Å². The van der Waals surface area contributed by atoms with Crippen molar-refractivity contribution in [2.24, 2.45) is 18.7 Å². The van der Waals surface area contributed by atoms with Gasteiger partial charge in [0.05, 0.1) is 17.0 Å². The molecular formula is C16H23N5O2S. The second-order valence-corrected chi connectivity index (χ2v) is 7.00. The Morgan fingerprint density at radius 2 is 2.00 bits per heavy atom. The lowest BCUT2D eigenvalue weighted by Gasteiger charge is -2.09. The first-order chi connectivity index (χ1) is 11.3. The third-order valence-electron chi connectivity index (χ3n) is 3.96. The average molecular weight is 349 g/mol. The van der Waals surface area contributed by atoms with Gasteiger partial charge in [-0.15, -0.1) is 11.3 Å². The highest BCUT2D eigenvalue weighted by molar-refractivity contribution is 7.17. The van der Waals surface area contributed by atoms with Crippen LogP contribution in [0.2, 0.25) is 0 Å². The molecule has 24 heavy (non-hydrogen) atoms. The number of hydrogen-bond acceptors (Lipinski definition) is 6. The predicted octanol–water partition coefficient (Wildman–Crippen LogP) is 1.15. The Balaban J connectivity index is 2.40. The minimum Gasteiger partial charge on any atom is -0.351 e. The number of thiazole rings is 1. The van der Waals surface area contributed by atoms with Crippen LogP contribution < -0.4 is 16.6 Å². The van der Waals surface area contributed by atoms with Crippen LogP contribution in [0.3, 0.4) is 0 Å². The standard InChI is InChI=1S/C16H23N5O2S/c1-8(6-17)7-18-14(22)13-11(4)19-15(24-13)12-9(2)10(3)20-21(5)16(12)23/h8H,6-7,17H2,1-5H3,(H,18,22). The van der Waals surface area contributed by atoms with Crippen LogP contribution in [0.1, 0.15) is 33.5 Å². The van der Waals surface area contributed by atoms with Gasteiger partial charge in [-0.25, -0.2) is 9.67 Å². The van der Waals surface area contributed by atoms with Crippen LogP contribution in [0, 0.1) is 26.7 Å². The summed E-state index contributed by atoms with van der Waals surface area (Å²) in [7, 11) is 1.61. The second kappa shape index (κ2) is 7.23. The van der Waals surface area contributed by atoms with E-state index >= 15 is 0 Å². The minimum absolute atomic E-state index is 0.184. The molecule has 0 aliphatic carbocycles. The zero-order chi connectivity index (χ0) is 18.0. The highest BCUT2D eigenvalue weighted by atomic mass is 32.1. The summed E-state index contributed by atoms with van der Waals surface area (Å²) in [5, 5.41) is 7.58. The Hall–Kier alpha value is -2.06. The van der Waals surface area contributed by atoms with Gasteiger partial charge in [-0.2, -0.15) is 5.10 Å². The number of amides is 1. The van der Waals surface area contributed by atoms with E-state index < -0.39 is 0 Å². The molecule has 2 aromatic heterocycles. The van der Waals surface area contributed by atoms with Crippen molar-refractivity contribution >= 4 is 17.2 Å². The average Bonchev–Trinajstić information content (AvgIpc) is 2.92. The highest BCUT2D eigenvalue weighted by Crippen LogP contribution is 2.28. The monoisotopic (exact) mass is 349 g/mol. The smallest absolute Gasteiger partial charge is 0.277 e. The molecule has 2 aromatic rings. The van der Waals surface area contributed by atoms with Crippen molar-refractivity contribution in [1.29, 1.82) is 0 Å². The lowest BCUT2D eigenvalue weighted by Crippen LogP contribution is -2.31. The summed E-state index contributed by atoms with van der Waals surface area (Å²) < 4.78 is 1.30. The molecule has 3 N–H and O–H groups in total. The molecule has 0 spiro atoms. The quantitative estimate of drug-likeness (QED) is 0.843. The number of carbonyl (C=O) groups is 1. The molecule has 0 saturated carbocycles. The van der Waals surface area contributed by atoms with Gasteiger partial charge < -0.3 is 11.1 Å². The van der Waals surface area contributed by atoms with Crippen molar-refractivity contribution in [3.8, 4) is 10.6 Å². The molecule has 2 heterocycles. The van der Waals surface area contributed by atoms with Gasteiger partial charge in [-0.3, -0.25) is 9.59 Å². The zero-order valence-electron chi connectivity index (χ0n) is 14.6. The highest BCUT2D eigenvalue weighted by Gasteiger charge is 2.21. The molecule has 2 rings (SSSR count). The lowest BCUT2D eigenvalue weighted by molar-refractivity contribution is 0.0952. The maximum atomic E-state index is 12.4. The fourth-order valence-corrected chi connectivity index (χ4v) is 3.32. The Labute approximate surface area is 144 Å². The number of rotatable bonds is 5.